The van der Waals surface area contributed by atoms with Crippen LogP contribution in [0.15, 0.2) is 48.2 Å². The van der Waals surface area contributed by atoms with Crippen molar-refractivity contribution in [3.63, 3.8) is 0 Å². The number of thiazole rings is 1. The standard InChI is InChI=1S/C18H16N4O3S/c19-17-16(18-21-11-3-1-2-4-15(11)26-18)14(25)9-22(17)20-8-10-5-6-12(23)13(24)7-10/h1-7,19-20,23-25H,8-9H2. The van der Waals surface area contributed by atoms with E-state index in [-0.39, 0.29) is 29.6 Å². The second-order valence-corrected chi connectivity index (χ2v) is 6.93. The van der Waals surface area contributed by atoms with Crippen molar-refractivity contribution in [2.24, 2.45) is 0 Å². The molecule has 8 heteroatoms. The molecule has 5 N–H and O–H groups in total. The average Bonchev–Trinajstić information content (AvgIpc) is 3.16. The number of aliphatic hydroxyl groups excluding tert-OH is 1. The fourth-order valence-electron chi connectivity index (χ4n) is 2.78. The number of para-hydroxylation sites is 1. The van der Waals surface area contributed by atoms with E-state index in [1.807, 2.05) is 24.3 Å². The summed E-state index contributed by atoms with van der Waals surface area (Å²) in [6, 6.07) is 12.2. The fraction of sp³-hybridized carbons (Fsp3) is 0.111. The number of hydrogen-bond acceptors (Lipinski definition) is 7. The van der Waals surface area contributed by atoms with E-state index < -0.39 is 0 Å². The van der Waals surface area contributed by atoms with Gasteiger partial charge in [0.2, 0.25) is 0 Å². The molecule has 0 atom stereocenters. The molecular formula is C18H16N4O3S. The van der Waals surface area contributed by atoms with E-state index in [9.17, 15) is 15.3 Å². The number of aromatic hydroxyl groups is 2. The number of hydrazine groups is 1. The molecule has 0 saturated heterocycles. The maximum atomic E-state index is 10.3. The Morgan fingerprint density at radius 2 is 1.92 bits per heavy atom. The third kappa shape index (κ3) is 2.85. The molecule has 26 heavy (non-hydrogen) atoms. The third-order valence-electron chi connectivity index (χ3n) is 4.12. The second-order valence-electron chi connectivity index (χ2n) is 5.90. The van der Waals surface area contributed by atoms with Crippen molar-refractivity contribution < 1.29 is 15.3 Å². The van der Waals surface area contributed by atoms with Gasteiger partial charge in [0.15, 0.2) is 11.5 Å². The van der Waals surface area contributed by atoms with E-state index in [1.165, 1.54) is 28.5 Å². The van der Waals surface area contributed by atoms with Crippen LogP contribution in [-0.2, 0) is 6.54 Å². The number of rotatable bonds is 4. The third-order valence-corrected chi connectivity index (χ3v) is 5.18. The van der Waals surface area contributed by atoms with Gasteiger partial charge in [-0.15, -0.1) is 11.3 Å². The zero-order valence-corrected chi connectivity index (χ0v) is 14.4. The monoisotopic (exact) mass is 368 g/mol. The Hall–Kier alpha value is -3.10. The molecule has 7 nitrogen and oxygen atoms in total. The summed E-state index contributed by atoms with van der Waals surface area (Å²) in [7, 11) is 0. The topological polar surface area (TPSA) is 113 Å². The molecule has 0 fully saturated rings. The number of nitrogens with one attached hydrogen (secondary N) is 2. The Morgan fingerprint density at radius 1 is 1.12 bits per heavy atom. The number of phenols is 2. The predicted molar refractivity (Wildman–Crippen MR) is 100 cm³/mol. The van der Waals surface area contributed by atoms with Crippen LogP contribution in [0, 0.1) is 5.41 Å². The Kier molecular flexibility index (Phi) is 3.98. The van der Waals surface area contributed by atoms with Gasteiger partial charge in [-0.2, -0.15) is 0 Å². The number of amidine groups is 1. The molecular weight excluding hydrogens is 352 g/mol. The summed E-state index contributed by atoms with van der Waals surface area (Å²) in [6.07, 6.45) is 0. The maximum Gasteiger partial charge on any atom is 0.157 e. The molecule has 0 radical (unpaired) electrons. The highest BCUT2D eigenvalue weighted by Crippen LogP contribution is 2.32. The van der Waals surface area contributed by atoms with E-state index in [0.29, 0.717) is 17.1 Å². The Morgan fingerprint density at radius 3 is 2.69 bits per heavy atom. The Balaban J connectivity index is 1.51. The van der Waals surface area contributed by atoms with Crippen LogP contribution in [0.3, 0.4) is 0 Å². The first kappa shape index (κ1) is 16.4. The quantitative estimate of drug-likeness (QED) is 0.453. The number of aromatic nitrogens is 1. The van der Waals surface area contributed by atoms with Crippen LogP contribution in [0.2, 0.25) is 0 Å². The van der Waals surface area contributed by atoms with Gasteiger partial charge in [0, 0.05) is 6.54 Å². The average molecular weight is 368 g/mol. The molecule has 1 aliphatic rings. The molecule has 2 aromatic carbocycles. The highest BCUT2D eigenvalue weighted by atomic mass is 32.1. The van der Waals surface area contributed by atoms with Crippen molar-refractivity contribution in [2.75, 3.05) is 6.54 Å². The van der Waals surface area contributed by atoms with Crippen molar-refractivity contribution >= 4 is 33.0 Å². The molecule has 0 saturated carbocycles. The number of phenolic OH excluding ortho intramolecular Hbond substituents is 2. The van der Waals surface area contributed by atoms with Gasteiger partial charge >= 0.3 is 0 Å². The fourth-order valence-corrected chi connectivity index (χ4v) is 3.82. The molecule has 0 amide bonds. The van der Waals surface area contributed by atoms with E-state index in [1.54, 1.807) is 6.07 Å². The smallest absolute Gasteiger partial charge is 0.157 e. The van der Waals surface area contributed by atoms with Crippen LogP contribution in [0.1, 0.15) is 10.6 Å². The maximum absolute atomic E-state index is 10.3. The van der Waals surface area contributed by atoms with Crippen LogP contribution in [0.5, 0.6) is 11.5 Å². The zero-order valence-electron chi connectivity index (χ0n) is 13.6. The minimum absolute atomic E-state index is 0.0927. The van der Waals surface area contributed by atoms with E-state index >= 15 is 0 Å². The zero-order chi connectivity index (χ0) is 18.3. The first-order chi connectivity index (χ1) is 12.5. The SMILES string of the molecule is N=C1C(c2nc3ccccc3s2)=C(O)CN1NCc1ccc(O)c(O)c1. The molecule has 3 aromatic rings. The predicted octanol–water partition coefficient (Wildman–Crippen LogP) is 2.97. The van der Waals surface area contributed by atoms with Gasteiger partial charge in [0.1, 0.15) is 16.6 Å². The summed E-state index contributed by atoms with van der Waals surface area (Å²) >= 11 is 1.44. The molecule has 0 aliphatic carbocycles. The lowest BCUT2D eigenvalue weighted by atomic mass is 10.2. The van der Waals surface area contributed by atoms with Crippen molar-refractivity contribution in [1.29, 1.82) is 5.41 Å². The van der Waals surface area contributed by atoms with Crippen LogP contribution in [0.4, 0.5) is 0 Å². The number of benzene rings is 2. The molecule has 0 bridgehead atoms. The van der Waals surface area contributed by atoms with Gasteiger partial charge in [-0.1, -0.05) is 18.2 Å². The lowest BCUT2D eigenvalue weighted by Gasteiger charge is -2.19. The summed E-state index contributed by atoms with van der Waals surface area (Å²) in [5, 5.41) is 39.8. The summed E-state index contributed by atoms with van der Waals surface area (Å²) in [5.41, 5.74) is 5.05. The summed E-state index contributed by atoms with van der Waals surface area (Å²) in [6.45, 7) is 0.491. The Bertz CT molecular complexity index is 1010. The van der Waals surface area contributed by atoms with Crippen LogP contribution < -0.4 is 5.43 Å². The normalized spacial score (nSPS) is 14.6. The van der Waals surface area contributed by atoms with Gasteiger partial charge in [0.25, 0.3) is 0 Å². The van der Waals surface area contributed by atoms with Gasteiger partial charge < -0.3 is 15.3 Å². The van der Waals surface area contributed by atoms with E-state index in [4.69, 9.17) is 5.41 Å². The Labute approximate surface area is 153 Å². The highest BCUT2D eigenvalue weighted by Gasteiger charge is 2.30. The van der Waals surface area contributed by atoms with Gasteiger partial charge in [-0.25, -0.2) is 10.4 Å². The minimum Gasteiger partial charge on any atom is -0.509 e. The molecule has 0 unspecified atom stereocenters. The van der Waals surface area contributed by atoms with Crippen molar-refractivity contribution in [3.05, 3.63) is 58.8 Å². The van der Waals surface area contributed by atoms with Crippen LogP contribution >= 0.6 is 11.3 Å². The van der Waals surface area contributed by atoms with Crippen molar-refractivity contribution in [2.45, 2.75) is 6.54 Å². The van der Waals surface area contributed by atoms with Gasteiger partial charge in [-0.3, -0.25) is 10.4 Å². The summed E-state index contributed by atoms with van der Waals surface area (Å²) in [4.78, 5) is 4.51. The molecule has 0 spiro atoms. The van der Waals surface area contributed by atoms with Gasteiger partial charge in [-0.05, 0) is 29.8 Å². The van der Waals surface area contributed by atoms with Gasteiger partial charge in [0.05, 0.1) is 22.3 Å². The summed E-state index contributed by atoms with van der Waals surface area (Å²) < 4.78 is 1.00. The van der Waals surface area contributed by atoms with Crippen molar-refractivity contribution in [1.82, 2.24) is 15.4 Å². The van der Waals surface area contributed by atoms with E-state index in [2.05, 4.69) is 10.4 Å². The second kappa shape index (κ2) is 6.32. The highest BCUT2D eigenvalue weighted by molar-refractivity contribution is 7.19. The molecule has 132 valence electrons. The van der Waals surface area contributed by atoms with E-state index in [0.717, 1.165) is 15.8 Å². The first-order valence-electron chi connectivity index (χ1n) is 7.92. The number of fused-ring (bicyclic) bond motifs is 1. The molecule has 4 rings (SSSR count). The van der Waals surface area contributed by atoms with Crippen LogP contribution in [-0.4, -0.2) is 37.7 Å². The minimum atomic E-state index is -0.197. The number of nitrogens with zero attached hydrogens (tertiary/aromatic N) is 2. The molecule has 2 heterocycles. The summed E-state index contributed by atoms with van der Waals surface area (Å²) in [5.74, 6) is -0.142. The lowest BCUT2D eigenvalue weighted by Crippen LogP contribution is -2.39. The number of aliphatic hydroxyl groups is 1. The molecule has 1 aromatic heterocycles. The van der Waals surface area contributed by atoms with Crippen molar-refractivity contribution in [3.8, 4) is 11.5 Å². The lowest BCUT2D eigenvalue weighted by molar-refractivity contribution is 0.287. The number of hydrogen-bond donors (Lipinski definition) is 5. The largest absolute Gasteiger partial charge is 0.509 e. The van der Waals surface area contributed by atoms with Crippen LogP contribution in [0.25, 0.3) is 15.8 Å². The molecule has 1 aliphatic heterocycles. The first-order valence-corrected chi connectivity index (χ1v) is 8.73.